The number of rotatable bonds is 4. The fourth-order valence-corrected chi connectivity index (χ4v) is 0.775. The highest BCUT2D eigenvalue weighted by atomic mass is 79.9. The van der Waals surface area contributed by atoms with E-state index in [1.165, 1.54) is 13.8 Å². The molecule has 0 aromatic rings. The zero-order valence-electron chi connectivity index (χ0n) is 7.93. The lowest BCUT2D eigenvalue weighted by Gasteiger charge is -2.20. The van der Waals surface area contributed by atoms with E-state index in [1.54, 1.807) is 6.92 Å². The summed E-state index contributed by atoms with van der Waals surface area (Å²) in [5, 5.41) is 0. The van der Waals surface area contributed by atoms with Gasteiger partial charge in [-0.1, -0.05) is 15.9 Å². The smallest absolute Gasteiger partial charge is 0.302 e. The van der Waals surface area contributed by atoms with E-state index in [0.717, 1.165) is 0 Å². The van der Waals surface area contributed by atoms with Crippen molar-refractivity contribution in [3.05, 3.63) is 0 Å². The molecule has 5 heteroatoms. The van der Waals surface area contributed by atoms with Crippen LogP contribution in [0.1, 0.15) is 20.8 Å². The van der Waals surface area contributed by atoms with Crippen molar-refractivity contribution in [1.29, 1.82) is 0 Å². The lowest BCUT2D eigenvalue weighted by molar-refractivity contribution is -0.144. The van der Waals surface area contributed by atoms with E-state index >= 15 is 0 Å². The highest BCUT2D eigenvalue weighted by molar-refractivity contribution is 9.10. The molecular formula is C8H13BrO4. The maximum atomic E-state index is 10.5. The van der Waals surface area contributed by atoms with Gasteiger partial charge < -0.3 is 9.47 Å². The van der Waals surface area contributed by atoms with Gasteiger partial charge in [-0.3, -0.25) is 9.59 Å². The maximum Gasteiger partial charge on any atom is 0.302 e. The summed E-state index contributed by atoms with van der Waals surface area (Å²) in [6.45, 7) is 4.79. The van der Waals surface area contributed by atoms with E-state index in [4.69, 9.17) is 9.47 Å². The van der Waals surface area contributed by atoms with E-state index < -0.39 is 4.32 Å². The lowest BCUT2D eigenvalue weighted by atomic mass is 10.2. The van der Waals surface area contributed by atoms with E-state index in [1.807, 2.05) is 0 Å². The van der Waals surface area contributed by atoms with Crippen LogP contribution in [0.25, 0.3) is 0 Å². The first-order valence-electron chi connectivity index (χ1n) is 3.79. The van der Waals surface area contributed by atoms with Crippen LogP contribution < -0.4 is 0 Å². The average Bonchev–Trinajstić information content (AvgIpc) is 1.98. The van der Waals surface area contributed by atoms with Crippen molar-refractivity contribution in [2.45, 2.75) is 25.1 Å². The Hall–Kier alpha value is -0.580. The maximum absolute atomic E-state index is 10.5. The quantitative estimate of drug-likeness (QED) is 0.559. The zero-order chi connectivity index (χ0) is 10.5. The van der Waals surface area contributed by atoms with Crippen LogP contribution in [0.5, 0.6) is 0 Å². The molecule has 0 spiro atoms. The predicted molar refractivity (Wildman–Crippen MR) is 50.6 cm³/mol. The van der Waals surface area contributed by atoms with Crippen molar-refractivity contribution >= 4 is 27.9 Å². The molecule has 0 aromatic carbocycles. The minimum Gasteiger partial charge on any atom is -0.464 e. The average molecular weight is 253 g/mol. The Balaban J connectivity index is 3.79. The SMILES string of the molecule is CC(=O)OCC(C)(Br)COC(C)=O. The van der Waals surface area contributed by atoms with E-state index in [0.29, 0.717) is 0 Å². The van der Waals surface area contributed by atoms with Gasteiger partial charge in [0.2, 0.25) is 0 Å². The molecule has 0 atom stereocenters. The number of carbonyl (C=O) groups is 2. The first kappa shape index (κ1) is 12.4. The highest BCUT2D eigenvalue weighted by Gasteiger charge is 2.23. The molecule has 13 heavy (non-hydrogen) atoms. The number of halogens is 1. The van der Waals surface area contributed by atoms with Crippen LogP contribution in [0.4, 0.5) is 0 Å². The molecule has 76 valence electrons. The number of carbonyl (C=O) groups excluding carboxylic acids is 2. The van der Waals surface area contributed by atoms with Crippen LogP contribution in [0, 0.1) is 0 Å². The molecule has 0 bridgehead atoms. The summed E-state index contributed by atoms with van der Waals surface area (Å²) in [6.07, 6.45) is 0. The second-order valence-electron chi connectivity index (χ2n) is 2.97. The number of hydrogen-bond donors (Lipinski definition) is 0. The van der Waals surface area contributed by atoms with Gasteiger partial charge in [0.1, 0.15) is 13.2 Å². The van der Waals surface area contributed by atoms with E-state index in [9.17, 15) is 9.59 Å². The number of alkyl halides is 1. The Bertz CT molecular complexity index is 180. The van der Waals surface area contributed by atoms with Gasteiger partial charge >= 0.3 is 11.9 Å². The Morgan fingerprint density at radius 3 is 1.69 bits per heavy atom. The Morgan fingerprint density at radius 1 is 1.15 bits per heavy atom. The molecule has 0 amide bonds. The first-order chi connectivity index (χ1) is 5.83. The van der Waals surface area contributed by atoms with Gasteiger partial charge in [-0.25, -0.2) is 0 Å². The van der Waals surface area contributed by atoms with Gasteiger partial charge in [0, 0.05) is 13.8 Å². The third-order valence-electron chi connectivity index (χ3n) is 1.15. The summed E-state index contributed by atoms with van der Waals surface area (Å²) in [7, 11) is 0. The molecular weight excluding hydrogens is 240 g/mol. The molecule has 0 saturated heterocycles. The van der Waals surface area contributed by atoms with E-state index in [-0.39, 0.29) is 25.2 Å². The second kappa shape index (κ2) is 5.21. The molecule has 0 radical (unpaired) electrons. The summed E-state index contributed by atoms with van der Waals surface area (Å²) in [5.74, 6) is -0.706. The molecule has 0 fully saturated rings. The first-order valence-corrected chi connectivity index (χ1v) is 4.58. The molecule has 0 aliphatic rings. The van der Waals surface area contributed by atoms with Gasteiger partial charge in [-0.05, 0) is 6.92 Å². The fraction of sp³-hybridized carbons (Fsp3) is 0.750. The van der Waals surface area contributed by atoms with Crippen molar-refractivity contribution in [2.24, 2.45) is 0 Å². The van der Waals surface area contributed by atoms with Crippen LogP contribution in [0.15, 0.2) is 0 Å². The summed E-state index contributed by atoms with van der Waals surface area (Å²) in [5.41, 5.74) is 0. The van der Waals surface area contributed by atoms with Crippen LogP contribution in [0.3, 0.4) is 0 Å². The van der Waals surface area contributed by atoms with Gasteiger partial charge in [0.05, 0.1) is 4.32 Å². The Morgan fingerprint density at radius 2 is 1.46 bits per heavy atom. The van der Waals surface area contributed by atoms with Crippen LogP contribution in [-0.4, -0.2) is 29.5 Å². The van der Waals surface area contributed by atoms with Crippen molar-refractivity contribution in [2.75, 3.05) is 13.2 Å². The van der Waals surface area contributed by atoms with Crippen LogP contribution in [0.2, 0.25) is 0 Å². The summed E-state index contributed by atoms with van der Waals surface area (Å²) in [4.78, 5) is 21.0. The monoisotopic (exact) mass is 252 g/mol. The van der Waals surface area contributed by atoms with Gasteiger partial charge in [-0.15, -0.1) is 0 Å². The Kier molecular flexibility index (Phi) is 4.98. The third-order valence-corrected chi connectivity index (χ3v) is 1.61. The fourth-order valence-electron chi connectivity index (χ4n) is 0.546. The molecule has 0 saturated carbocycles. The number of esters is 2. The molecule has 0 heterocycles. The van der Waals surface area contributed by atoms with E-state index in [2.05, 4.69) is 15.9 Å². The van der Waals surface area contributed by atoms with Crippen molar-refractivity contribution in [3.63, 3.8) is 0 Å². The highest BCUT2D eigenvalue weighted by Crippen LogP contribution is 2.18. The van der Waals surface area contributed by atoms with Crippen molar-refractivity contribution in [1.82, 2.24) is 0 Å². The Labute approximate surface area is 85.7 Å². The number of ether oxygens (including phenoxy) is 2. The molecule has 4 nitrogen and oxygen atoms in total. The molecule has 0 aliphatic heterocycles. The minimum absolute atomic E-state index is 0.176. The summed E-state index contributed by atoms with van der Waals surface area (Å²) >= 11 is 3.28. The topological polar surface area (TPSA) is 52.6 Å². The molecule has 0 aromatic heterocycles. The van der Waals surface area contributed by atoms with Gasteiger partial charge in [0.15, 0.2) is 0 Å². The lowest BCUT2D eigenvalue weighted by Crippen LogP contribution is -2.31. The van der Waals surface area contributed by atoms with Gasteiger partial charge in [-0.2, -0.15) is 0 Å². The third kappa shape index (κ3) is 7.77. The number of hydrogen-bond acceptors (Lipinski definition) is 4. The van der Waals surface area contributed by atoms with Crippen molar-refractivity contribution in [3.8, 4) is 0 Å². The molecule has 0 rings (SSSR count). The predicted octanol–water partition coefficient (Wildman–Crippen LogP) is 1.27. The normalized spacial score (nSPS) is 10.8. The molecule has 0 unspecified atom stereocenters. The zero-order valence-corrected chi connectivity index (χ0v) is 9.51. The molecule has 0 N–H and O–H groups in total. The standard InChI is InChI=1S/C8H13BrO4/c1-6(10)12-4-8(3,9)5-13-7(2)11/h4-5H2,1-3H3. The van der Waals surface area contributed by atoms with Crippen LogP contribution in [-0.2, 0) is 19.1 Å². The largest absolute Gasteiger partial charge is 0.464 e. The van der Waals surface area contributed by atoms with Gasteiger partial charge in [0.25, 0.3) is 0 Å². The second-order valence-corrected chi connectivity index (χ2v) is 4.89. The minimum atomic E-state index is -0.510. The summed E-state index contributed by atoms with van der Waals surface area (Å²) in [6, 6.07) is 0. The van der Waals surface area contributed by atoms with Crippen molar-refractivity contribution < 1.29 is 19.1 Å². The van der Waals surface area contributed by atoms with Crippen LogP contribution >= 0.6 is 15.9 Å². The summed E-state index contributed by atoms with van der Waals surface area (Å²) < 4.78 is 9.01. The molecule has 0 aliphatic carbocycles.